The second-order valence-electron chi connectivity index (χ2n) is 9.39. The normalized spacial score (nSPS) is 19.5. The van der Waals surface area contributed by atoms with E-state index >= 15 is 0 Å². The van der Waals surface area contributed by atoms with Crippen LogP contribution < -0.4 is 0 Å². The predicted octanol–water partition coefficient (Wildman–Crippen LogP) is 6.78. The fourth-order valence-electron chi connectivity index (χ4n) is 5.48. The van der Waals surface area contributed by atoms with Crippen LogP contribution in [0, 0.1) is 11.7 Å². The van der Waals surface area contributed by atoms with Crippen molar-refractivity contribution < 1.29 is 4.39 Å². The largest absolute Gasteiger partial charge is 0.342 e. The van der Waals surface area contributed by atoms with Crippen LogP contribution in [0.3, 0.4) is 0 Å². The summed E-state index contributed by atoms with van der Waals surface area (Å²) in [5, 5.41) is 0.953. The molecule has 1 saturated carbocycles. The summed E-state index contributed by atoms with van der Waals surface area (Å²) in [7, 11) is 0. The smallest absolute Gasteiger partial charge is 0.159 e. The Morgan fingerprint density at radius 2 is 1.68 bits per heavy atom. The van der Waals surface area contributed by atoms with Gasteiger partial charge in [-0.2, -0.15) is 0 Å². The number of hydrogen-bond donors (Lipinski definition) is 1. The molecule has 5 nitrogen and oxygen atoms in total. The molecule has 0 aliphatic heterocycles. The average molecular weight is 452 g/mol. The highest BCUT2D eigenvalue weighted by atomic mass is 19.1. The molecule has 2 aromatic carbocycles. The number of nitrogens with zero attached hydrogens (tertiary/aromatic N) is 4. The van der Waals surface area contributed by atoms with Gasteiger partial charge in [0.1, 0.15) is 11.6 Å². The molecule has 1 N–H and O–H groups in total. The molecular formula is C28H26FN5. The zero-order valence-corrected chi connectivity index (χ0v) is 19.1. The fraction of sp³-hybridized carbons (Fsp3) is 0.286. The topological polar surface area (TPSA) is 67.3 Å². The van der Waals surface area contributed by atoms with Gasteiger partial charge in [-0.1, -0.05) is 6.92 Å². The molecule has 5 aromatic rings. The molecule has 3 heterocycles. The van der Waals surface area contributed by atoms with E-state index in [4.69, 9.17) is 4.98 Å². The minimum absolute atomic E-state index is 0.198. The molecule has 3 aromatic heterocycles. The van der Waals surface area contributed by atoms with Crippen LogP contribution in [0.25, 0.3) is 33.3 Å². The van der Waals surface area contributed by atoms with E-state index in [1.165, 1.54) is 11.6 Å². The molecule has 0 spiro atoms. The Hall–Kier alpha value is -3.67. The van der Waals surface area contributed by atoms with Crippen LogP contribution in [0.5, 0.6) is 0 Å². The minimum atomic E-state index is -0.198. The van der Waals surface area contributed by atoms with Gasteiger partial charge in [-0.3, -0.25) is 4.98 Å². The zero-order valence-electron chi connectivity index (χ0n) is 19.1. The first-order chi connectivity index (χ1) is 16.7. The first-order valence-electron chi connectivity index (χ1n) is 12.0. The van der Waals surface area contributed by atoms with Crippen molar-refractivity contribution in [3.63, 3.8) is 0 Å². The van der Waals surface area contributed by atoms with Crippen LogP contribution >= 0.6 is 0 Å². The molecule has 0 amide bonds. The quantitative estimate of drug-likeness (QED) is 0.327. The molecule has 6 heteroatoms. The van der Waals surface area contributed by atoms with Crippen LogP contribution in [-0.2, 0) is 0 Å². The van der Waals surface area contributed by atoms with Gasteiger partial charge in [0.05, 0.1) is 16.6 Å². The van der Waals surface area contributed by atoms with Crippen molar-refractivity contribution in [2.24, 2.45) is 5.92 Å². The minimum Gasteiger partial charge on any atom is -0.342 e. The Morgan fingerprint density at radius 3 is 2.50 bits per heavy atom. The van der Waals surface area contributed by atoms with Gasteiger partial charge in [0.15, 0.2) is 5.82 Å². The highest BCUT2D eigenvalue weighted by Gasteiger charge is 2.29. The van der Waals surface area contributed by atoms with Gasteiger partial charge in [0.25, 0.3) is 0 Å². The van der Waals surface area contributed by atoms with Gasteiger partial charge in [0, 0.05) is 35.5 Å². The number of rotatable bonds is 4. The molecule has 1 atom stereocenters. The number of aromatic nitrogens is 5. The van der Waals surface area contributed by atoms with Gasteiger partial charge in [-0.05, 0) is 91.6 Å². The highest BCUT2D eigenvalue weighted by molar-refractivity contribution is 5.82. The lowest BCUT2D eigenvalue weighted by Gasteiger charge is -2.32. The van der Waals surface area contributed by atoms with E-state index in [2.05, 4.69) is 39.0 Å². The van der Waals surface area contributed by atoms with Gasteiger partial charge >= 0.3 is 0 Å². The first kappa shape index (κ1) is 20.9. The molecule has 0 radical (unpaired) electrons. The second kappa shape index (κ2) is 8.60. The van der Waals surface area contributed by atoms with Crippen molar-refractivity contribution in [3.05, 3.63) is 84.3 Å². The lowest BCUT2D eigenvalue weighted by Crippen LogP contribution is -2.19. The summed E-state index contributed by atoms with van der Waals surface area (Å²) in [5.74, 6) is 2.92. The maximum absolute atomic E-state index is 13.9. The Balaban J connectivity index is 1.19. The third-order valence-corrected chi connectivity index (χ3v) is 7.41. The second-order valence-corrected chi connectivity index (χ2v) is 9.39. The number of nitrogens with one attached hydrogen (secondary N) is 1. The van der Waals surface area contributed by atoms with E-state index in [9.17, 15) is 4.39 Å². The average Bonchev–Trinajstić information content (AvgIpc) is 3.32. The summed E-state index contributed by atoms with van der Waals surface area (Å²) in [6.07, 6.45) is 9.83. The molecule has 6 rings (SSSR count). The molecule has 0 saturated heterocycles. The monoisotopic (exact) mass is 451 g/mol. The summed E-state index contributed by atoms with van der Waals surface area (Å²) in [4.78, 5) is 21.6. The number of hydrogen-bond acceptors (Lipinski definition) is 4. The van der Waals surface area contributed by atoms with Gasteiger partial charge < -0.3 is 4.98 Å². The van der Waals surface area contributed by atoms with Crippen LogP contribution in [-0.4, -0.2) is 24.9 Å². The molecule has 0 bridgehead atoms. The summed E-state index contributed by atoms with van der Waals surface area (Å²) in [5.41, 5.74) is 5.08. The van der Waals surface area contributed by atoms with Crippen LogP contribution in [0.2, 0.25) is 0 Å². The van der Waals surface area contributed by atoms with Gasteiger partial charge in [-0.15, -0.1) is 0 Å². The van der Waals surface area contributed by atoms with Crippen LogP contribution in [0.4, 0.5) is 4.39 Å². The lowest BCUT2D eigenvalue weighted by molar-refractivity contribution is 0.286. The van der Waals surface area contributed by atoms with E-state index in [-0.39, 0.29) is 5.82 Å². The standard InChI is InChI=1S/C28H26FN5/c1-17(27-33-25-9-7-20(15-26(25)34-27)28-31-12-2-13-32-28)18-3-5-19(6-4-18)22-11-14-30-24-10-8-21(29)16-23(22)24/h2,7-19H,3-6H2,1H3,(H,33,34). The first-order valence-corrected chi connectivity index (χ1v) is 12.0. The molecule has 1 unspecified atom stereocenters. The van der Waals surface area contributed by atoms with Gasteiger partial charge in [-0.25, -0.2) is 19.3 Å². The predicted molar refractivity (Wildman–Crippen MR) is 132 cm³/mol. The number of H-pyrrole nitrogens is 1. The summed E-state index contributed by atoms with van der Waals surface area (Å²) in [6.45, 7) is 2.28. The molecule has 1 aliphatic carbocycles. The van der Waals surface area contributed by atoms with E-state index in [1.54, 1.807) is 24.5 Å². The summed E-state index contributed by atoms with van der Waals surface area (Å²) >= 11 is 0. The van der Waals surface area contributed by atoms with E-state index in [1.807, 2.05) is 24.4 Å². The Bertz CT molecular complexity index is 1450. The number of aromatic amines is 1. The fourth-order valence-corrected chi connectivity index (χ4v) is 5.48. The van der Waals surface area contributed by atoms with E-state index in [0.29, 0.717) is 17.8 Å². The van der Waals surface area contributed by atoms with Crippen LogP contribution in [0.15, 0.2) is 67.1 Å². The molecular weight excluding hydrogens is 425 g/mol. The third kappa shape index (κ3) is 3.83. The highest BCUT2D eigenvalue weighted by Crippen LogP contribution is 2.43. The van der Waals surface area contributed by atoms with Crippen molar-refractivity contribution in [1.29, 1.82) is 0 Å². The summed E-state index contributed by atoms with van der Waals surface area (Å²) in [6, 6.07) is 14.9. The number of fused-ring (bicyclic) bond motifs is 2. The van der Waals surface area contributed by atoms with Crippen LogP contribution in [0.1, 0.15) is 55.8 Å². The number of halogens is 1. The SMILES string of the molecule is CC(c1nc2ccc(-c3ncccn3)cc2[nH]1)C1CCC(c2ccnc3ccc(F)cc23)CC1. The van der Waals surface area contributed by atoms with Crippen molar-refractivity contribution in [1.82, 2.24) is 24.9 Å². The maximum atomic E-state index is 13.9. The lowest BCUT2D eigenvalue weighted by atomic mass is 9.73. The molecule has 34 heavy (non-hydrogen) atoms. The Labute approximate surface area is 197 Å². The number of pyridine rings is 1. The molecule has 170 valence electrons. The van der Waals surface area contributed by atoms with Crippen molar-refractivity contribution in [3.8, 4) is 11.4 Å². The van der Waals surface area contributed by atoms with E-state index < -0.39 is 0 Å². The van der Waals surface area contributed by atoms with E-state index in [0.717, 1.165) is 64.8 Å². The van der Waals surface area contributed by atoms with Gasteiger partial charge in [0.2, 0.25) is 0 Å². The van der Waals surface area contributed by atoms with Crippen molar-refractivity contribution >= 4 is 21.9 Å². The number of benzene rings is 2. The molecule has 1 fully saturated rings. The van der Waals surface area contributed by atoms with Crippen molar-refractivity contribution in [2.45, 2.75) is 44.4 Å². The molecule has 1 aliphatic rings. The maximum Gasteiger partial charge on any atom is 0.159 e. The Kier molecular flexibility index (Phi) is 5.28. The zero-order chi connectivity index (χ0) is 23.1. The van der Waals surface area contributed by atoms with Crippen molar-refractivity contribution in [2.75, 3.05) is 0 Å². The Morgan fingerprint density at radius 1 is 0.882 bits per heavy atom. The summed E-state index contributed by atoms with van der Waals surface area (Å²) < 4.78 is 13.9. The third-order valence-electron chi connectivity index (χ3n) is 7.41. The number of imidazole rings is 1.